The minimum atomic E-state index is -2.15. The number of phenolic OH excluding ortho intramolecular Hbond substituents is 1. The van der Waals surface area contributed by atoms with Gasteiger partial charge in [-0.05, 0) is 43.0 Å². The van der Waals surface area contributed by atoms with Gasteiger partial charge in [0, 0.05) is 18.5 Å². The zero-order valence-corrected chi connectivity index (χ0v) is 22.3. The van der Waals surface area contributed by atoms with E-state index in [4.69, 9.17) is 23.2 Å². The molecule has 4 aliphatic rings. The second kappa shape index (κ2) is 8.62. The molecule has 2 aliphatic carbocycles. The highest BCUT2D eigenvalue weighted by atomic mass is 35.5. The predicted molar refractivity (Wildman–Crippen MR) is 139 cm³/mol. The number of phenols is 1. The van der Waals surface area contributed by atoms with Gasteiger partial charge in [0.1, 0.15) is 0 Å². The van der Waals surface area contributed by atoms with Crippen LogP contribution in [0.4, 0.5) is 10.1 Å². The maximum absolute atomic E-state index is 14.6. The Bertz CT molecular complexity index is 1590. The molecule has 2 saturated heterocycles. The molecule has 6 rings (SSSR count). The van der Waals surface area contributed by atoms with E-state index in [-0.39, 0.29) is 29.7 Å². The van der Waals surface area contributed by atoms with Gasteiger partial charge in [-0.1, -0.05) is 29.8 Å². The van der Waals surface area contributed by atoms with E-state index < -0.39 is 74.6 Å². The summed E-state index contributed by atoms with van der Waals surface area (Å²) in [7, 11) is 1.22. The average Bonchev–Trinajstić information content (AvgIpc) is 3.25. The molecule has 2 aromatic rings. The van der Waals surface area contributed by atoms with E-state index in [2.05, 4.69) is 0 Å². The number of amides is 4. The van der Waals surface area contributed by atoms with Gasteiger partial charge in [0.15, 0.2) is 21.3 Å². The van der Waals surface area contributed by atoms with Crippen molar-refractivity contribution in [2.45, 2.75) is 28.5 Å². The Morgan fingerprint density at radius 1 is 1.02 bits per heavy atom. The van der Waals surface area contributed by atoms with E-state index >= 15 is 0 Å². The van der Waals surface area contributed by atoms with Gasteiger partial charge in [-0.2, -0.15) is 0 Å². The van der Waals surface area contributed by atoms with Crippen molar-refractivity contribution in [2.24, 2.45) is 17.8 Å². The standard InChI is InChI=1S/C28H21Cl2FN2O7/c1-32-25(39)27(29)11-17-14(20(28(27,30)26(32)40)16-6-3-7-18(31)21(16)34)8-9-15-19(17)23(36)33(22(15)35)13-5-2-4-12(10-13)24(37)38/h2-8,10,15,17,19-20,34H,9,11H2,1H3,(H,37,38). The summed E-state index contributed by atoms with van der Waals surface area (Å²) >= 11 is 14.0. The van der Waals surface area contributed by atoms with E-state index in [9.17, 15) is 38.6 Å². The van der Waals surface area contributed by atoms with Crippen LogP contribution in [0, 0.1) is 23.6 Å². The molecular formula is C28H21Cl2FN2O7. The first-order valence-corrected chi connectivity index (χ1v) is 13.2. The lowest BCUT2D eigenvalue weighted by molar-refractivity contribution is -0.138. The number of imide groups is 2. The van der Waals surface area contributed by atoms with Gasteiger partial charge in [0.25, 0.3) is 11.8 Å². The van der Waals surface area contributed by atoms with Crippen LogP contribution in [0.1, 0.15) is 34.7 Å². The molecule has 40 heavy (non-hydrogen) atoms. The van der Waals surface area contributed by atoms with Crippen LogP contribution in [0.2, 0.25) is 0 Å². The van der Waals surface area contributed by atoms with Crippen LogP contribution in [0.5, 0.6) is 5.75 Å². The number of aromatic carboxylic acids is 1. The number of halogens is 3. The lowest BCUT2D eigenvalue weighted by Crippen LogP contribution is -2.60. The third kappa shape index (κ3) is 3.17. The van der Waals surface area contributed by atoms with Crippen molar-refractivity contribution in [3.05, 3.63) is 71.1 Å². The molecule has 0 spiro atoms. The number of likely N-dealkylation sites (tertiary alicyclic amines) is 1. The Kier molecular flexibility index (Phi) is 5.70. The Morgan fingerprint density at radius 2 is 1.73 bits per heavy atom. The Balaban J connectivity index is 1.52. The highest BCUT2D eigenvalue weighted by Gasteiger charge is 2.76. The summed E-state index contributed by atoms with van der Waals surface area (Å²) in [5, 5.41) is 20.1. The number of carboxylic acids is 1. The largest absolute Gasteiger partial charge is 0.505 e. The van der Waals surface area contributed by atoms with Gasteiger partial charge in [-0.3, -0.25) is 29.0 Å². The molecule has 3 fully saturated rings. The summed E-state index contributed by atoms with van der Waals surface area (Å²) in [6.45, 7) is 0. The van der Waals surface area contributed by atoms with Gasteiger partial charge in [0.05, 0.1) is 23.1 Å². The summed E-state index contributed by atoms with van der Waals surface area (Å²) in [4.78, 5) is 63.4. The van der Waals surface area contributed by atoms with Crippen molar-refractivity contribution in [1.29, 1.82) is 0 Å². The maximum Gasteiger partial charge on any atom is 0.335 e. The van der Waals surface area contributed by atoms with Gasteiger partial charge >= 0.3 is 5.97 Å². The first-order valence-electron chi connectivity index (χ1n) is 12.4. The second-order valence-corrected chi connectivity index (χ2v) is 11.8. The summed E-state index contributed by atoms with van der Waals surface area (Å²) in [6, 6.07) is 9.14. The number of fused-ring (bicyclic) bond motifs is 4. The number of carbonyl (C=O) groups excluding carboxylic acids is 4. The van der Waals surface area contributed by atoms with E-state index in [1.54, 1.807) is 6.08 Å². The van der Waals surface area contributed by atoms with Crippen molar-refractivity contribution < 1.29 is 38.6 Å². The normalized spacial score (nSPS) is 33.0. The zero-order chi connectivity index (χ0) is 28.9. The molecule has 6 unspecified atom stereocenters. The molecule has 2 heterocycles. The molecule has 0 radical (unpaired) electrons. The number of aromatic hydroxyl groups is 1. The Morgan fingerprint density at radius 3 is 2.42 bits per heavy atom. The first kappa shape index (κ1) is 26.5. The molecule has 2 aromatic carbocycles. The number of hydrogen-bond donors (Lipinski definition) is 2. The smallest absolute Gasteiger partial charge is 0.335 e. The van der Waals surface area contributed by atoms with Crippen molar-refractivity contribution in [3.63, 3.8) is 0 Å². The maximum atomic E-state index is 14.6. The number of anilines is 1. The topological polar surface area (TPSA) is 132 Å². The number of para-hydroxylation sites is 1. The number of allylic oxidation sites excluding steroid dienone is 2. The number of carboxylic acid groups (broad SMARTS) is 1. The van der Waals surface area contributed by atoms with Crippen LogP contribution in [0.25, 0.3) is 0 Å². The number of hydrogen-bond acceptors (Lipinski definition) is 6. The van der Waals surface area contributed by atoms with Crippen LogP contribution in [0.3, 0.4) is 0 Å². The molecule has 0 aromatic heterocycles. The quantitative estimate of drug-likeness (QED) is 0.320. The number of nitrogens with zero attached hydrogens (tertiary/aromatic N) is 2. The molecule has 1 saturated carbocycles. The van der Waals surface area contributed by atoms with Crippen molar-refractivity contribution in [1.82, 2.24) is 4.90 Å². The molecule has 0 bridgehead atoms. The lowest BCUT2D eigenvalue weighted by Gasteiger charge is -2.50. The Hall–Kier alpha value is -3.76. The van der Waals surface area contributed by atoms with Crippen molar-refractivity contribution in [2.75, 3.05) is 11.9 Å². The molecular weight excluding hydrogens is 566 g/mol. The van der Waals surface area contributed by atoms with E-state index in [1.807, 2.05) is 0 Å². The van der Waals surface area contributed by atoms with Crippen LogP contribution < -0.4 is 4.90 Å². The van der Waals surface area contributed by atoms with Crippen molar-refractivity contribution in [3.8, 4) is 5.75 Å². The Labute approximate surface area is 236 Å². The van der Waals surface area contributed by atoms with Gasteiger partial charge in [-0.15, -0.1) is 23.2 Å². The van der Waals surface area contributed by atoms with Gasteiger partial charge in [-0.25, -0.2) is 9.18 Å². The predicted octanol–water partition coefficient (Wildman–Crippen LogP) is 3.42. The molecule has 2 N–H and O–H groups in total. The van der Waals surface area contributed by atoms with E-state index in [0.717, 1.165) is 15.9 Å². The van der Waals surface area contributed by atoms with Crippen LogP contribution in [0.15, 0.2) is 54.1 Å². The van der Waals surface area contributed by atoms with Crippen molar-refractivity contribution >= 4 is 58.5 Å². The van der Waals surface area contributed by atoms with Gasteiger partial charge in [0.2, 0.25) is 11.8 Å². The highest BCUT2D eigenvalue weighted by molar-refractivity contribution is 6.53. The third-order valence-corrected chi connectivity index (χ3v) is 10.1. The summed E-state index contributed by atoms with van der Waals surface area (Å²) < 4.78 is 14.6. The number of alkyl halides is 2. The minimum absolute atomic E-state index is 0.0585. The average molecular weight is 587 g/mol. The summed E-state index contributed by atoms with van der Waals surface area (Å²) in [5.41, 5.74) is 0.289. The SMILES string of the molecule is CN1C(=O)C2(Cl)CC3C(=CCC4C(=O)N(c5cccc(C(=O)O)c5)C(=O)C43)C(c3cccc(F)c3O)C2(Cl)C1=O. The fraction of sp³-hybridized carbons (Fsp3) is 0.321. The van der Waals surface area contributed by atoms with Crippen LogP contribution in [-0.4, -0.2) is 61.5 Å². The molecule has 4 amide bonds. The zero-order valence-electron chi connectivity index (χ0n) is 20.8. The van der Waals surface area contributed by atoms with Gasteiger partial charge < -0.3 is 10.2 Å². The van der Waals surface area contributed by atoms with E-state index in [1.165, 1.54) is 43.4 Å². The lowest BCUT2D eigenvalue weighted by atomic mass is 9.56. The fourth-order valence-electron chi connectivity index (χ4n) is 6.89. The second-order valence-electron chi connectivity index (χ2n) is 10.5. The number of rotatable bonds is 3. The molecule has 206 valence electrons. The molecule has 12 heteroatoms. The molecule has 6 atom stereocenters. The minimum Gasteiger partial charge on any atom is -0.505 e. The highest BCUT2D eigenvalue weighted by Crippen LogP contribution is 2.66. The summed E-state index contributed by atoms with van der Waals surface area (Å²) in [5.74, 6) is -9.83. The molecule has 2 aliphatic heterocycles. The number of benzene rings is 2. The number of carbonyl (C=O) groups is 5. The molecule has 9 nitrogen and oxygen atoms in total. The third-order valence-electron chi connectivity index (χ3n) is 8.69. The van der Waals surface area contributed by atoms with Crippen LogP contribution >= 0.6 is 23.2 Å². The first-order chi connectivity index (χ1) is 18.8. The summed E-state index contributed by atoms with van der Waals surface area (Å²) in [6.07, 6.45) is 1.44. The van der Waals surface area contributed by atoms with E-state index in [0.29, 0.717) is 5.57 Å². The monoisotopic (exact) mass is 586 g/mol. The fourth-order valence-corrected chi connectivity index (χ4v) is 7.90. The van der Waals surface area contributed by atoms with Crippen LogP contribution in [-0.2, 0) is 19.2 Å².